The molecule has 5 rings (SSSR count). The number of rotatable bonds is 16. The number of hydrogen-bond acceptors (Lipinski definition) is 4. The predicted molar refractivity (Wildman–Crippen MR) is 209 cm³/mol. The van der Waals surface area contributed by atoms with Gasteiger partial charge in [-0.3, -0.25) is 0 Å². The Labute approximate surface area is 301 Å². The molecule has 0 spiro atoms. The van der Waals surface area contributed by atoms with E-state index >= 15 is 0 Å². The van der Waals surface area contributed by atoms with Gasteiger partial charge in [-0.15, -0.1) is 0 Å². The van der Waals surface area contributed by atoms with Crippen molar-refractivity contribution < 1.29 is 18.6 Å². The molecule has 2 heterocycles. The normalized spacial score (nSPS) is 21.4. The van der Waals surface area contributed by atoms with Crippen LogP contribution in [-0.4, -0.2) is 38.7 Å². The van der Waals surface area contributed by atoms with E-state index in [2.05, 4.69) is 106 Å². The van der Waals surface area contributed by atoms with Crippen molar-refractivity contribution in [1.82, 2.24) is 0 Å². The van der Waals surface area contributed by atoms with Crippen LogP contribution in [0.4, 0.5) is 0 Å². The molecule has 2 aliphatic heterocycles. The summed E-state index contributed by atoms with van der Waals surface area (Å²) >= 11 is 0. The second-order valence-electron chi connectivity index (χ2n) is 18.0. The summed E-state index contributed by atoms with van der Waals surface area (Å²) in [6.45, 7) is 23.8. The Morgan fingerprint density at radius 2 is 0.878 bits per heavy atom. The summed E-state index contributed by atoms with van der Waals surface area (Å²) in [7, 11) is -0.717. The summed E-state index contributed by atoms with van der Waals surface area (Å²) in [4.78, 5) is 0. The van der Waals surface area contributed by atoms with Crippen LogP contribution in [0.25, 0.3) is 11.1 Å². The molecule has 4 nitrogen and oxygen atoms in total. The van der Waals surface area contributed by atoms with Gasteiger partial charge < -0.3 is 18.6 Å². The van der Waals surface area contributed by atoms with Gasteiger partial charge in [0.05, 0.1) is 11.2 Å². The number of benzene rings is 2. The van der Waals surface area contributed by atoms with Gasteiger partial charge in [-0.1, -0.05) is 155 Å². The van der Waals surface area contributed by atoms with E-state index in [1.54, 1.807) is 0 Å². The highest BCUT2D eigenvalue weighted by molar-refractivity contribution is 6.62. The molecule has 3 aliphatic rings. The zero-order chi connectivity index (χ0) is 35.5. The maximum absolute atomic E-state index is 6.73. The van der Waals surface area contributed by atoms with E-state index in [1.165, 1.54) is 99.3 Å². The van der Waals surface area contributed by atoms with Crippen LogP contribution in [0.2, 0.25) is 0 Å². The molecule has 0 atom stereocenters. The molecule has 1 aliphatic carbocycles. The summed E-state index contributed by atoms with van der Waals surface area (Å²) in [5.74, 6) is 0. The molecule has 0 unspecified atom stereocenters. The molecule has 2 saturated heterocycles. The molecule has 6 heteroatoms. The lowest BCUT2D eigenvalue weighted by atomic mass is 9.65. The van der Waals surface area contributed by atoms with E-state index in [0.717, 1.165) is 23.8 Å². The highest BCUT2D eigenvalue weighted by Gasteiger charge is 2.50. The molecule has 0 bridgehead atoms. The van der Waals surface area contributed by atoms with Crippen molar-refractivity contribution in [2.24, 2.45) is 10.8 Å². The maximum atomic E-state index is 6.73. The lowest BCUT2D eigenvalue weighted by Crippen LogP contribution is -2.58. The molecule has 0 N–H and O–H groups in total. The van der Waals surface area contributed by atoms with Gasteiger partial charge in [-0.05, 0) is 73.7 Å². The van der Waals surface area contributed by atoms with Crippen molar-refractivity contribution in [3.8, 4) is 11.1 Å². The van der Waals surface area contributed by atoms with Crippen LogP contribution < -0.4 is 10.9 Å². The quantitative estimate of drug-likeness (QED) is 0.132. The standard InChI is InChI=1S/C43H68B2O4/c1-11-13-15-17-19-21-27-43(28-22-20-18-16-14-12-2)37-29-33(44-46-31-39(3,4)41(7,8)48-44)23-25-35(37)36-26-24-34(30-38(36)43)45-47-32-40(5,6)42(9,10)49-45/h23-26,29-30H,11-22,27-28,31-32H2,1-10H3. The Hall–Kier alpha value is -1.59. The predicted octanol–water partition coefficient (Wildman–Crippen LogP) is 10.5. The molecule has 2 aromatic rings. The summed E-state index contributed by atoms with van der Waals surface area (Å²) < 4.78 is 26.4. The first-order chi connectivity index (χ1) is 23.2. The Bertz CT molecular complexity index is 1290. The van der Waals surface area contributed by atoms with Crippen LogP contribution in [0.1, 0.15) is 170 Å². The van der Waals surface area contributed by atoms with Gasteiger partial charge in [0.1, 0.15) is 0 Å². The van der Waals surface area contributed by atoms with E-state index in [1.807, 2.05) is 0 Å². The fourth-order valence-corrected chi connectivity index (χ4v) is 8.07. The van der Waals surface area contributed by atoms with E-state index in [0.29, 0.717) is 13.2 Å². The summed E-state index contributed by atoms with van der Waals surface area (Å²) in [5, 5.41) is 0. The third-order valence-corrected chi connectivity index (χ3v) is 13.1. The zero-order valence-corrected chi connectivity index (χ0v) is 33.1. The molecule has 0 radical (unpaired) electrons. The number of fused-ring (bicyclic) bond motifs is 3. The largest absolute Gasteiger partial charge is 0.494 e. The van der Waals surface area contributed by atoms with Gasteiger partial charge in [-0.2, -0.15) is 0 Å². The van der Waals surface area contributed by atoms with Crippen LogP contribution in [0.5, 0.6) is 0 Å². The molecule has 0 saturated carbocycles. The average molecular weight is 671 g/mol. The third-order valence-electron chi connectivity index (χ3n) is 13.1. The minimum Gasteiger partial charge on any atom is -0.407 e. The maximum Gasteiger partial charge on any atom is 0.494 e. The first kappa shape index (κ1) is 38.6. The van der Waals surface area contributed by atoms with E-state index in [4.69, 9.17) is 18.6 Å². The molecule has 270 valence electrons. The minimum absolute atomic E-state index is 0.0563. The van der Waals surface area contributed by atoms with Crippen molar-refractivity contribution in [1.29, 1.82) is 0 Å². The van der Waals surface area contributed by atoms with Crippen molar-refractivity contribution in [3.63, 3.8) is 0 Å². The summed E-state index contributed by atoms with van der Waals surface area (Å²) in [6, 6.07) is 14.2. The van der Waals surface area contributed by atoms with Gasteiger partial charge in [0.25, 0.3) is 0 Å². The SMILES string of the molecule is CCCCCCCCC1(CCCCCCCC)c2cc(B3OCC(C)(C)C(C)(C)O3)ccc2-c2ccc(B3OCC(C)(C)C(C)(C)O3)cc21. The van der Waals surface area contributed by atoms with E-state index in [9.17, 15) is 0 Å². The molecular weight excluding hydrogens is 602 g/mol. The number of unbranched alkanes of at least 4 members (excludes halogenated alkanes) is 10. The van der Waals surface area contributed by atoms with Crippen LogP contribution in [0.3, 0.4) is 0 Å². The zero-order valence-electron chi connectivity index (χ0n) is 33.1. The monoisotopic (exact) mass is 671 g/mol. The molecule has 49 heavy (non-hydrogen) atoms. The van der Waals surface area contributed by atoms with E-state index in [-0.39, 0.29) is 41.7 Å². The summed E-state index contributed by atoms with van der Waals surface area (Å²) in [5.41, 5.74) is 7.25. The summed E-state index contributed by atoms with van der Waals surface area (Å²) in [6.07, 6.45) is 18.0. The highest BCUT2D eigenvalue weighted by Crippen LogP contribution is 2.54. The molecular formula is C43H68B2O4. The lowest BCUT2D eigenvalue weighted by Gasteiger charge is -2.47. The highest BCUT2D eigenvalue weighted by atomic mass is 16.6. The fourth-order valence-electron chi connectivity index (χ4n) is 8.07. The van der Waals surface area contributed by atoms with Crippen molar-refractivity contribution >= 4 is 25.2 Å². The Morgan fingerprint density at radius 3 is 1.24 bits per heavy atom. The average Bonchev–Trinajstić information content (AvgIpc) is 3.31. The topological polar surface area (TPSA) is 36.9 Å². The van der Waals surface area contributed by atoms with Crippen LogP contribution in [0.15, 0.2) is 36.4 Å². The smallest absolute Gasteiger partial charge is 0.407 e. The Kier molecular flexibility index (Phi) is 12.3. The van der Waals surface area contributed by atoms with Gasteiger partial charge in [0.2, 0.25) is 0 Å². The van der Waals surface area contributed by atoms with Crippen molar-refractivity contribution in [2.75, 3.05) is 13.2 Å². The van der Waals surface area contributed by atoms with E-state index < -0.39 is 0 Å². The molecule has 2 aromatic carbocycles. The van der Waals surface area contributed by atoms with Gasteiger partial charge >= 0.3 is 14.2 Å². The molecule has 2 fully saturated rings. The van der Waals surface area contributed by atoms with Crippen molar-refractivity contribution in [2.45, 2.75) is 176 Å². The van der Waals surface area contributed by atoms with Gasteiger partial charge in [0, 0.05) is 29.5 Å². The Balaban J connectivity index is 1.54. The second kappa shape index (κ2) is 15.6. The third kappa shape index (κ3) is 8.08. The first-order valence-corrected chi connectivity index (χ1v) is 20.1. The van der Waals surface area contributed by atoms with Gasteiger partial charge in [-0.25, -0.2) is 0 Å². The second-order valence-corrected chi connectivity index (χ2v) is 18.0. The van der Waals surface area contributed by atoms with Crippen LogP contribution in [-0.2, 0) is 24.0 Å². The Morgan fingerprint density at radius 1 is 0.510 bits per heavy atom. The van der Waals surface area contributed by atoms with Gasteiger partial charge in [0.15, 0.2) is 0 Å². The minimum atomic E-state index is -0.358. The lowest BCUT2D eigenvalue weighted by molar-refractivity contribution is -0.0939. The molecule has 0 aromatic heterocycles. The first-order valence-electron chi connectivity index (χ1n) is 20.1. The fraction of sp³-hybridized carbons (Fsp3) is 0.721. The number of hydrogen-bond donors (Lipinski definition) is 0. The van der Waals surface area contributed by atoms with Crippen molar-refractivity contribution in [3.05, 3.63) is 47.5 Å². The van der Waals surface area contributed by atoms with Crippen LogP contribution in [0, 0.1) is 10.8 Å². The van der Waals surface area contributed by atoms with Crippen LogP contribution >= 0.6 is 0 Å². The molecule has 0 amide bonds.